The number of hydrogen-bond donors (Lipinski definition) is 2. The number of amides is 2. The molecular formula is C14H13BrN2O4. The minimum absolute atomic E-state index is 0.242. The molecule has 2 aromatic rings. The fourth-order valence-corrected chi connectivity index (χ4v) is 1.89. The van der Waals surface area contributed by atoms with Crippen molar-refractivity contribution in [2.24, 2.45) is 0 Å². The van der Waals surface area contributed by atoms with Crippen LogP contribution in [0.5, 0.6) is 0 Å². The highest BCUT2D eigenvalue weighted by atomic mass is 79.9. The summed E-state index contributed by atoms with van der Waals surface area (Å²) in [6.07, 6.45) is -0.528. The Balaban J connectivity index is 1.89. The van der Waals surface area contributed by atoms with Gasteiger partial charge in [-0.1, -0.05) is 12.1 Å². The summed E-state index contributed by atoms with van der Waals surface area (Å²) in [6.45, 7) is 0.357. The fourth-order valence-electron chi connectivity index (χ4n) is 1.58. The second-order valence-corrected chi connectivity index (χ2v) is 4.88. The predicted octanol–water partition coefficient (Wildman–Crippen LogP) is 3.15. The molecule has 0 unspecified atom stereocenters. The van der Waals surface area contributed by atoms with E-state index >= 15 is 0 Å². The van der Waals surface area contributed by atoms with Crippen molar-refractivity contribution in [3.8, 4) is 0 Å². The van der Waals surface area contributed by atoms with Crippen LogP contribution in [-0.4, -0.2) is 19.1 Å². The lowest BCUT2D eigenvalue weighted by Crippen LogP contribution is -2.22. The van der Waals surface area contributed by atoms with E-state index in [2.05, 4.69) is 31.3 Å². The van der Waals surface area contributed by atoms with Crippen LogP contribution in [0.25, 0.3) is 0 Å². The third-order valence-corrected chi connectivity index (χ3v) is 3.06. The molecule has 0 aliphatic rings. The van der Waals surface area contributed by atoms with Crippen molar-refractivity contribution in [2.75, 3.05) is 12.4 Å². The van der Waals surface area contributed by atoms with Crippen molar-refractivity contribution < 1.29 is 18.7 Å². The van der Waals surface area contributed by atoms with E-state index in [1.807, 2.05) is 0 Å². The van der Waals surface area contributed by atoms with Gasteiger partial charge in [-0.3, -0.25) is 10.1 Å². The van der Waals surface area contributed by atoms with Crippen LogP contribution in [0.3, 0.4) is 0 Å². The number of carbonyl (C=O) groups is 2. The Morgan fingerprint density at radius 3 is 2.48 bits per heavy atom. The van der Waals surface area contributed by atoms with Crippen LogP contribution in [0, 0.1) is 0 Å². The highest BCUT2D eigenvalue weighted by Crippen LogP contribution is 2.14. The molecule has 0 bridgehead atoms. The monoisotopic (exact) mass is 352 g/mol. The van der Waals surface area contributed by atoms with Crippen LogP contribution in [-0.2, 0) is 11.3 Å². The van der Waals surface area contributed by atoms with Gasteiger partial charge in [0.25, 0.3) is 5.91 Å². The quantitative estimate of drug-likeness (QED) is 0.885. The van der Waals surface area contributed by atoms with E-state index in [0.717, 1.165) is 5.56 Å². The predicted molar refractivity (Wildman–Crippen MR) is 80.0 cm³/mol. The van der Waals surface area contributed by atoms with E-state index in [1.165, 1.54) is 7.11 Å². The van der Waals surface area contributed by atoms with Crippen molar-refractivity contribution in [3.63, 3.8) is 0 Å². The number of furan rings is 1. The van der Waals surface area contributed by atoms with Crippen molar-refractivity contribution in [2.45, 2.75) is 6.54 Å². The van der Waals surface area contributed by atoms with E-state index in [9.17, 15) is 9.59 Å². The molecule has 2 amide bonds. The second kappa shape index (κ2) is 6.94. The maximum atomic E-state index is 11.8. The van der Waals surface area contributed by atoms with E-state index in [4.69, 9.17) is 4.42 Å². The average Bonchev–Trinajstić information content (AvgIpc) is 2.92. The molecule has 0 atom stereocenters. The molecule has 2 rings (SSSR count). The summed E-state index contributed by atoms with van der Waals surface area (Å²) in [5, 5.41) is 5.28. The minimum atomic E-state index is -0.528. The Labute approximate surface area is 129 Å². The number of nitrogens with one attached hydrogen (secondary N) is 2. The van der Waals surface area contributed by atoms with Crippen LogP contribution < -0.4 is 10.6 Å². The van der Waals surface area contributed by atoms with Gasteiger partial charge in [0.15, 0.2) is 10.4 Å². The number of benzene rings is 1. The highest BCUT2D eigenvalue weighted by molar-refractivity contribution is 9.10. The topological polar surface area (TPSA) is 80.6 Å². The lowest BCUT2D eigenvalue weighted by atomic mass is 10.2. The molecule has 110 valence electrons. The molecular weight excluding hydrogens is 340 g/mol. The van der Waals surface area contributed by atoms with Crippen molar-refractivity contribution >= 4 is 33.6 Å². The van der Waals surface area contributed by atoms with Gasteiger partial charge in [-0.15, -0.1) is 0 Å². The largest absolute Gasteiger partial charge is 0.453 e. The van der Waals surface area contributed by atoms with Gasteiger partial charge < -0.3 is 14.5 Å². The van der Waals surface area contributed by atoms with Crippen molar-refractivity contribution in [3.05, 3.63) is 52.4 Å². The van der Waals surface area contributed by atoms with Gasteiger partial charge >= 0.3 is 6.09 Å². The number of halogens is 1. The summed E-state index contributed by atoms with van der Waals surface area (Å²) in [5.41, 5.74) is 1.51. The van der Waals surface area contributed by atoms with Gasteiger partial charge in [0.2, 0.25) is 0 Å². The first-order valence-electron chi connectivity index (χ1n) is 6.06. The first kappa shape index (κ1) is 15.1. The number of rotatable bonds is 4. The van der Waals surface area contributed by atoms with E-state index < -0.39 is 6.09 Å². The Morgan fingerprint density at radius 2 is 1.90 bits per heavy atom. The lowest BCUT2D eigenvalue weighted by molar-refractivity contribution is 0.0922. The number of ether oxygens (including phenoxy) is 1. The average molecular weight is 353 g/mol. The summed E-state index contributed by atoms with van der Waals surface area (Å²) in [7, 11) is 1.30. The first-order valence-corrected chi connectivity index (χ1v) is 6.85. The zero-order valence-electron chi connectivity index (χ0n) is 11.2. The van der Waals surface area contributed by atoms with Gasteiger partial charge in [0, 0.05) is 12.2 Å². The molecule has 0 saturated carbocycles. The molecule has 0 saturated heterocycles. The molecule has 0 radical (unpaired) electrons. The molecule has 0 fully saturated rings. The smallest absolute Gasteiger partial charge is 0.411 e. The minimum Gasteiger partial charge on any atom is -0.453 e. The third kappa shape index (κ3) is 4.35. The molecule has 0 aliphatic heterocycles. The fraction of sp³-hybridized carbons (Fsp3) is 0.143. The summed E-state index contributed by atoms with van der Waals surface area (Å²) in [5.74, 6) is -0.0525. The Kier molecular flexibility index (Phi) is 4.99. The molecule has 1 aromatic heterocycles. The molecule has 2 N–H and O–H groups in total. The molecule has 0 spiro atoms. The normalized spacial score (nSPS) is 10.0. The first-order chi connectivity index (χ1) is 10.1. The molecule has 0 aliphatic carbocycles. The van der Waals surface area contributed by atoms with Gasteiger partial charge in [-0.25, -0.2) is 4.79 Å². The van der Waals surface area contributed by atoms with Crippen LogP contribution >= 0.6 is 15.9 Å². The molecule has 7 heteroatoms. The number of hydrogen-bond acceptors (Lipinski definition) is 4. The third-order valence-electron chi connectivity index (χ3n) is 2.64. The number of anilines is 1. The summed E-state index contributed by atoms with van der Waals surface area (Å²) in [6, 6.07) is 10.3. The number of methoxy groups -OCH3 is 1. The highest BCUT2D eigenvalue weighted by Gasteiger charge is 2.09. The van der Waals surface area contributed by atoms with Gasteiger partial charge in [-0.05, 0) is 45.8 Å². The Bertz CT molecular complexity index is 637. The van der Waals surface area contributed by atoms with E-state index in [0.29, 0.717) is 16.9 Å². The Morgan fingerprint density at radius 1 is 1.19 bits per heavy atom. The van der Waals surface area contributed by atoms with Gasteiger partial charge in [0.1, 0.15) is 0 Å². The van der Waals surface area contributed by atoms with Crippen LogP contribution in [0.15, 0.2) is 45.5 Å². The summed E-state index contributed by atoms with van der Waals surface area (Å²) >= 11 is 3.14. The van der Waals surface area contributed by atoms with Crippen LogP contribution in [0.2, 0.25) is 0 Å². The summed E-state index contributed by atoms with van der Waals surface area (Å²) < 4.78 is 10.2. The second-order valence-electron chi connectivity index (χ2n) is 4.10. The lowest BCUT2D eigenvalue weighted by Gasteiger charge is -2.06. The SMILES string of the molecule is COC(=O)Nc1ccc(CNC(=O)c2ccc(Br)o2)cc1. The maximum absolute atomic E-state index is 11.8. The van der Waals surface area contributed by atoms with Gasteiger partial charge in [0.05, 0.1) is 7.11 Å². The molecule has 1 aromatic carbocycles. The van der Waals surface area contributed by atoms with E-state index in [-0.39, 0.29) is 11.7 Å². The summed E-state index contributed by atoms with van der Waals surface area (Å²) in [4.78, 5) is 22.8. The maximum Gasteiger partial charge on any atom is 0.411 e. The Hall–Kier alpha value is -2.28. The molecule has 21 heavy (non-hydrogen) atoms. The van der Waals surface area contributed by atoms with Gasteiger partial charge in [-0.2, -0.15) is 0 Å². The van der Waals surface area contributed by atoms with Crippen LogP contribution in [0.1, 0.15) is 16.1 Å². The van der Waals surface area contributed by atoms with Crippen molar-refractivity contribution in [1.29, 1.82) is 0 Å². The van der Waals surface area contributed by atoms with Crippen LogP contribution in [0.4, 0.5) is 10.5 Å². The number of carbonyl (C=O) groups excluding carboxylic acids is 2. The molecule has 6 nitrogen and oxygen atoms in total. The van der Waals surface area contributed by atoms with Crippen molar-refractivity contribution in [1.82, 2.24) is 5.32 Å². The zero-order chi connectivity index (χ0) is 15.2. The molecule has 1 heterocycles. The van der Waals surface area contributed by atoms with E-state index in [1.54, 1.807) is 36.4 Å². The zero-order valence-corrected chi connectivity index (χ0v) is 12.8. The standard InChI is InChI=1S/C14H13BrN2O4/c1-20-14(19)17-10-4-2-9(3-5-10)8-16-13(18)11-6-7-12(15)21-11/h2-7H,8H2,1H3,(H,16,18)(H,17,19).